The molecule has 0 saturated carbocycles. The van der Waals surface area contributed by atoms with Gasteiger partial charge < -0.3 is 10.6 Å². The van der Waals surface area contributed by atoms with Crippen molar-refractivity contribution in [2.75, 3.05) is 5.32 Å². The Labute approximate surface area is 174 Å². The molecule has 4 rings (SSSR count). The number of carbonyl (C=O) groups is 3. The van der Waals surface area contributed by atoms with Crippen LogP contribution in [-0.2, 0) is 17.8 Å². The van der Waals surface area contributed by atoms with Gasteiger partial charge in [-0.05, 0) is 35.4 Å². The van der Waals surface area contributed by atoms with E-state index in [4.69, 9.17) is 0 Å². The third-order valence-electron chi connectivity index (χ3n) is 4.95. The number of rotatable bonds is 6. The first kappa shape index (κ1) is 19.4. The van der Waals surface area contributed by atoms with Gasteiger partial charge in [0, 0.05) is 17.7 Å². The van der Waals surface area contributed by atoms with Crippen LogP contribution in [-0.4, -0.2) is 28.8 Å². The number of nitrogens with one attached hydrogen (secondary N) is 2. The Hall–Kier alpha value is -3.93. The number of urea groups is 1. The first-order chi connectivity index (χ1) is 14.6. The summed E-state index contributed by atoms with van der Waals surface area (Å²) in [6.45, 7) is 0.114. The van der Waals surface area contributed by atoms with Gasteiger partial charge >= 0.3 is 6.03 Å². The molecule has 1 unspecified atom stereocenters. The smallest absolute Gasteiger partial charge is 0.325 e. The number of carbonyl (C=O) groups excluding carboxylic acids is 3. The SMILES string of the molecule is O=C(Nc1ccccc1)c1cccc(CN2C(=O)NC(Cc3ccccc3)C2=O)c1. The Morgan fingerprint density at radius 2 is 1.53 bits per heavy atom. The van der Waals surface area contributed by atoms with Crippen LogP contribution in [0.15, 0.2) is 84.9 Å². The van der Waals surface area contributed by atoms with Crippen molar-refractivity contribution in [1.82, 2.24) is 10.2 Å². The Kier molecular flexibility index (Phi) is 5.57. The second-order valence-electron chi connectivity index (χ2n) is 7.14. The van der Waals surface area contributed by atoms with Gasteiger partial charge in [0.1, 0.15) is 6.04 Å². The van der Waals surface area contributed by atoms with Crippen LogP contribution in [0.2, 0.25) is 0 Å². The molecule has 4 amide bonds. The molecule has 1 heterocycles. The molecule has 0 spiro atoms. The summed E-state index contributed by atoms with van der Waals surface area (Å²) in [6, 6.07) is 24.7. The van der Waals surface area contributed by atoms with Gasteiger partial charge in [-0.15, -0.1) is 0 Å². The van der Waals surface area contributed by atoms with Crippen LogP contribution >= 0.6 is 0 Å². The molecule has 6 nitrogen and oxygen atoms in total. The van der Waals surface area contributed by atoms with Crippen molar-refractivity contribution >= 4 is 23.5 Å². The number of benzene rings is 3. The van der Waals surface area contributed by atoms with E-state index >= 15 is 0 Å². The number of anilines is 1. The highest BCUT2D eigenvalue weighted by Gasteiger charge is 2.37. The third kappa shape index (κ3) is 4.38. The molecule has 1 atom stereocenters. The largest absolute Gasteiger partial charge is 0.325 e. The summed E-state index contributed by atoms with van der Waals surface area (Å²) in [6.07, 6.45) is 0.446. The molecule has 1 aliphatic heterocycles. The lowest BCUT2D eigenvalue weighted by molar-refractivity contribution is -0.127. The minimum absolute atomic E-state index is 0.114. The maximum Gasteiger partial charge on any atom is 0.325 e. The second kappa shape index (κ2) is 8.61. The van der Waals surface area contributed by atoms with Gasteiger partial charge in [-0.2, -0.15) is 0 Å². The molecule has 30 heavy (non-hydrogen) atoms. The number of amides is 4. The molecule has 150 valence electrons. The molecule has 3 aromatic carbocycles. The van der Waals surface area contributed by atoms with Crippen molar-refractivity contribution in [2.45, 2.75) is 19.0 Å². The van der Waals surface area contributed by atoms with E-state index in [-0.39, 0.29) is 18.4 Å². The van der Waals surface area contributed by atoms with Gasteiger partial charge in [0.15, 0.2) is 0 Å². The predicted octanol–water partition coefficient (Wildman–Crippen LogP) is 3.60. The van der Waals surface area contributed by atoms with Gasteiger partial charge in [0.05, 0.1) is 6.54 Å². The summed E-state index contributed by atoms with van der Waals surface area (Å²) in [5, 5.41) is 5.58. The van der Waals surface area contributed by atoms with Crippen molar-refractivity contribution in [3.05, 3.63) is 102 Å². The third-order valence-corrected chi connectivity index (χ3v) is 4.95. The number of hydrogen-bond acceptors (Lipinski definition) is 3. The molecule has 1 saturated heterocycles. The van der Waals surface area contributed by atoms with Crippen LogP contribution in [0.3, 0.4) is 0 Å². The molecule has 1 aliphatic rings. The Balaban J connectivity index is 1.44. The maximum absolute atomic E-state index is 12.7. The van der Waals surface area contributed by atoms with Crippen LogP contribution < -0.4 is 10.6 Å². The second-order valence-corrected chi connectivity index (χ2v) is 7.14. The van der Waals surface area contributed by atoms with E-state index in [0.29, 0.717) is 23.2 Å². The van der Waals surface area contributed by atoms with Crippen molar-refractivity contribution < 1.29 is 14.4 Å². The predicted molar refractivity (Wildman–Crippen MR) is 114 cm³/mol. The Morgan fingerprint density at radius 3 is 2.27 bits per heavy atom. The minimum Gasteiger partial charge on any atom is -0.325 e. The zero-order valence-electron chi connectivity index (χ0n) is 16.2. The summed E-state index contributed by atoms with van der Waals surface area (Å²) in [5.41, 5.74) is 2.85. The van der Waals surface area contributed by atoms with E-state index in [1.165, 1.54) is 4.90 Å². The highest BCUT2D eigenvalue weighted by atomic mass is 16.2. The lowest BCUT2D eigenvalue weighted by Gasteiger charge is -2.14. The van der Waals surface area contributed by atoms with Crippen LogP contribution in [0.25, 0.3) is 0 Å². The molecule has 1 fully saturated rings. The highest BCUT2D eigenvalue weighted by molar-refractivity contribution is 6.05. The topological polar surface area (TPSA) is 78.5 Å². The van der Waals surface area contributed by atoms with Crippen molar-refractivity contribution in [3.8, 4) is 0 Å². The van der Waals surface area contributed by atoms with Crippen LogP contribution in [0, 0.1) is 0 Å². The summed E-state index contributed by atoms with van der Waals surface area (Å²) in [5.74, 6) is -0.509. The number of imide groups is 1. The zero-order valence-corrected chi connectivity index (χ0v) is 16.2. The van der Waals surface area contributed by atoms with E-state index in [1.807, 2.05) is 60.7 Å². The molecule has 0 radical (unpaired) electrons. The molecule has 0 bridgehead atoms. The summed E-state index contributed by atoms with van der Waals surface area (Å²) >= 11 is 0. The standard InChI is InChI=1S/C24H21N3O3/c28-22(25-20-12-5-2-6-13-20)19-11-7-10-18(14-19)16-27-23(29)21(26-24(27)30)15-17-8-3-1-4-9-17/h1-14,21H,15-16H2,(H,25,28)(H,26,30). The Morgan fingerprint density at radius 1 is 0.867 bits per heavy atom. The van der Waals surface area contributed by atoms with Gasteiger partial charge in [-0.3, -0.25) is 14.5 Å². The van der Waals surface area contributed by atoms with Crippen LogP contribution in [0.5, 0.6) is 0 Å². The van der Waals surface area contributed by atoms with Gasteiger partial charge in [-0.1, -0.05) is 60.7 Å². The fraction of sp³-hybridized carbons (Fsp3) is 0.125. The number of nitrogens with zero attached hydrogens (tertiary/aromatic N) is 1. The Bertz CT molecular complexity index is 1070. The van der Waals surface area contributed by atoms with Crippen molar-refractivity contribution in [2.24, 2.45) is 0 Å². The van der Waals surface area contributed by atoms with Gasteiger partial charge in [0.25, 0.3) is 11.8 Å². The normalized spacial score (nSPS) is 15.7. The molecule has 6 heteroatoms. The van der Waals surface area contributed by atoms with Crippen LogP contribution in [0.4, 0.5) is 10.5 Å². The molecule has 0 aliphatic carbocycles. The fourth-order valence-corrected chi connectivity index (χ4v) is 3.43. The highest BCUT2D eigenvalue weighted by Crippen LogP contribution is 2.17. The van der Waals surface area contributed by atoms with E-state index < -0.39 is 12.1 Å². The average Bonchev–Trinajstić information content (AvgIpc) is 3.03. The fourth-order valence-electron chi connectivity index (χ4n) is 3.43. The van der Waals surface area contributed by atoms with E-state index in [9.17, 15) is 14.4 Å². The zero-order chi connectivity index (χ0) is 20.9. The van der Waals surface area contributed by atoms with E-state index in [0.717, 1.165) is 5.56 Å². The summed E-state index contributed by atoms with van der Waals surface area (Å²) < 4.78 is 0. The van der Waals surface area contributed by atoms with E-state index in [1.54, 1.807) is 24.3 Å². The van der Waals surface area contributed by atoms with Gasteiger partial charge in [-0.25, -0.2) is 4.79 Å². The quantitative estimate of drug-likeness (QED) is 0.622. The first-order valence-corrected chi connectivity index (χ1v) is 9.71. The summed E-state index contributed by atoms with van der Waals surface area (Å²) in [7, 11) is 0. The van der Waals surface area contributed by atoms with Crippen LogP contribution in [0.1, 0.15) is 21.5 Å². The maximum atomic E-state index is 12.7. The lowest BCUT2D eigenvalue weighted by Crippen LogP contribution is -2.32. The average molecular weight is 399 g/mol. The van der Waals surface area contributed by atoms with Gasteiger partial charge in [0.2, 0.25) is 0 Å². The monoisotopic (exact) mass is 399 g/mol. The number of para-hydroxylation sites is 1. The summed E-state index contributed by atoms with van der Waals surface area (Å²) in [4.78, 5) is 38.8. The van der Waals surface area contributed by atoms with Crippen molar-refractivity contribution in [3.63, 3.8) is 0 Å². The first-order valence-electron chi connectivity index (χ1n) is 9.71. The number of hydrogen-bond donors (Lipinski definition) is 2. The molecular formula is C24H21N3O3. The molecule has 2 N–H and O–H groups in total. The molecular weight excluding hydrogens is 378 g/mol. The van der Waals surface area contributed by atoms with E-state index in [2.05, 4.69) is 10.6 Å². The lowest BCUT2D eigenvalue weighted by atomic mass is 10.1. The molecule has 0 aromatic heterocycles. The minimum atomic E-state index is -0.579. The van der Waals surface area contributed by atoms with Crippen molar-refractivity contribution in [1.29, 1.82) is 0 Å². The molecule has 3 aromatic rings.